The van der Waals surface area contributed by atoms with E-state index in [1.165, 1.54) is 0 Å². The maximum absolute atomic E-state index is 12.0. The van der Waals surface area contributed by atoms with E-state index in [1.807, 2.05) is 0 Å². The number of nitrogens with one attached hydrogen (secondary N) is 2. The summed E-state index contributed by atoms with van der Waals surface area (Å²) in [6.07, 6.45) is 1.84. The zero-order chi connectivity index (χ0) is 11.5. The van der Waals surface area contributed by atoms with Gasteiger partial charge in [0.15, 0.2) is 0 Å². The van der Waals surface area contributed by atoms with Gasteiger partial charge in [0, 0.05) is 19.2 Å². The van der Waals surface area contributed by atoms with E-state index in [0.29, 0.717) is 11.8 Å². The molecule has 16 heavy (non-hydrogen) atoms. The molecule has 0 aromatic heterocycles. The molecule has 2 rings (SSSR count). The van der Waals surface area contributed by atoms with Gasteiger partial charge in [0.25, 0.3) is 0 Å². The molecule has 1 amide bonds. The van der Waals surface area contributed by atoms with Crippen molar-refractivity contribution in [1.29, 1.82) is 0 Å². The van der Waals surface area contributed by atoms with Crippen molar-refractivity contribution in [2.24, 2.45) is 11.8 Å². The average molecular weight is 226 g/mol. The standard InChI is InChI=1S/C12H22N2O2/c1-8-5-10(7-13-6-8)14-12(15)11-9(2)3-4-16-11/h8-11,13H,3-7H2,1-2H3,(H,14,15). The lowest BCUT2D eigenvalue weighted by molar-refractivity contribution is -0.132. The lowest BCUT2D eigenvalue weighted by Gasteiger charge is -2.29. The van der Waals surface area contributed by atoms with Crippen LogP contribution < -0.4 is 10.6 Å². The molecule has 92 valence electrons. The van der Waals surface area contributed by atoms with Crippen molar-refractivity contribution in [1.82, 2.24) is 10.6 Å². The third kappa shape index (κ3) is 2.74. The lowest BCUT2D eigenvalue weighted by atomic mass is 9.97. The molecular formula is C12H22N2O2. The average Bonchev–Trinajstić information content (AvgIpc) is 2.64. The van der Waals surface area contributed by atoms with Crippen LogP contribution in [0.25, 0.3) is 0 Å². The Morgan fingerprint density at radius 2 is 2.19 bits per heavy atom. The summed E-state index contributed by atoms with van der Waals surface area (Å²) < 4.78 is 5.46. The molecule has 2 heterocycles. The van der Waals surface area contributed by atoms with E-state index >= 15 is 0 Å². The Hall–Kier alpha value is -0.610. The fourth-order valence-electron chi connectivity index (χ4n) is 2.58. The molecule has 4 nitrogen and oxygen atoms in total. The highest BCUT2D eigenvalue weighted by molar-refractivity contribution is 5.81. The fourth-order valence-corrected chi connectivity index (χ4v) is 2.58. The largest absolute Gasteiger partial charge is 0.368 e. The third-order valence-corrected chi connectivity index (χ3v) is 3.56. The van der Waals surface area contributed by atoms with Crippen LogP contribution in [0.5, 0.6) is 0 Å². The van der Waals surface area contributed by atoms with Crippen molar-refractivity contribution in [3.05, 3.63) is 0 Å². The maximum atomic E-state index is 12.0. The number of hydrogen-bond acceptors (Lipinski definition) is 3. The highest BCUT2D eigenvalue weighted by Gasteiger charge is 2.32. The van der Waals surface area contributed by atoms with E-state index in [0.717, 1.165) is 32.5 Å². The van der Waals surface area contributed by atoms with Gasteiger partial charge in [-0.05, 0) is 31.2 Å². The molecule has 0 aromatic rings. The Morgan fingerprint density at radius 3 is 2.81 bits per heavy atom. The molecule has 0 bridgehead atoms. The number of piperidine rings is 1. The molecule has 2 aliphatic rings. The highest BCUT2D eigenvalue weighted by atomic mass is 16.5. The number of ether oxygens (including phenoxy) is 1. The summed E-state index contributed by atoms with van der Waals surface area (Å²) in [5.41, 5.74) is 0. The van der Waals surface area contributed by atoms with Gasteiger partial charge in [0.1, 0.15) is 6.10 Å². The van der Waals surface area contributed by atoms with Gasteiger partial charge < -0.3 is 15.4 Å². The van der Waals surface area contributed by atoms with Crippen LogP contribution in [0.1, 0.15) is 26.7 Å². The SMILES string of the molecule is CC1CNCC(NC(=O)C2OCCC2C)C1. The monoisotopic (exact) mass is 226 g/mol. The second-order valence-corrected chi connectivity index (χ2v) is 5.26. The smallest absolute Gasteiger partial charge is 0.249 e. The Kier molecular flexibility index (Phi) is 3.82. The third-order valence-electron chi connectivity index (χ3n) is 3.56. The minimum atomic E-state index is -0.225. The van der Waals surface area contributed by atoms with Crippen LogP contribution in [0.4, 0.5) is 0 Å². The molecule has 0 saturated carbocycles. The molecule has 0 spiro atoms. The van der Waals surface area contributed by atoms with Crippen molar-refractivity contribution < 1.29 is 9.53 Å². The van der Waals surface area contributed by atoms with E-state index < -0.39 is 0 Å². The first kappa shape index (κ1) is 11.9. The van der Waals surface area contributed by atoms with Crippen LogP contribution in [0.15, 0.2) is 0 Å². The predicted octanol–water partition coefficient (Wildman–Crippen LogP) is 0.526. The molecular weight excluding hydrogens is 204 g/mol. The van der Waals surface area contributed by atoms with Crippen molar-refractivity contribution in [2.45, 2.75) is 38.8 Å². The van der Waals surface area contributed by atoms with Crippen molar-refractivity contribution in [3.8, 4) is 0 Å². The zero-order valence-electron chi connectivity index (χ0n) is 10.2. The number of carbonyl (C=O) groups is 1. The molecule has 2 fully saturated rings. The first-order chi connectivity index (χ1) is 7.66. The summed E-state index contributed by atoms with van der Waals surface area (Å²) in [6.45, 7) is 6.96. The van der Waals surface area contributed by atoms with Crippen molar-refractivity contribution in [2.75, 3.05) is 19.7 Å². The van der Waals surface area contributed by atoms with Gasteiger partial charge in [-0.15, -0.1) is 0 Å². The van der Waals surface area contributed by atoms with Crippen LogP contribution in [-0.4, -0.2) is 37.7 Å². The van der Waals surface area contributed by atoms with Crippen LogP contribution in [0.3, 0.4) is 0 Å². The van der Waals surface area contributed by atoms with Gasteiger partial charge in [-0.25, -0.2) is 0 Å². The first-order valence-electron chi connectivity index (χ1n) is 6.29. The van der Waals surface area contributed by atoms with E-state index in [9.17, 15) is 4.79 Å². The summed E-state index contributed by atoms with van der Waals surface area (Å²) in [7, 11) is 0. The van der Waals surface area contributed by atoms with Gasteiger partial charge in [-0.1, -0.05) is 13.8 Å². The quantitative estimate of drug-likeness (QED) is 0.722. The van der Waals surface area contributed by atoms with Crippen LogP contribution in [-0.2, 0) is 9.53 Å². The molecule has 4 heteroatoms. The van der Waals surface area contributed by atoms with Gasteiger partial charge in [-0.2, -0.15) is 0 Å². The van der Waals surface area contributed by atoms with E-state index in [1.54, 1.807) is 0 Å². The van der Waals surface area contributed by atoms with Gasteiger partial charge in [0.2, 0.25) is 5.91 Å². The van der Waals surface area contributed by atoms with Gasteiger partial charge >= 0.3 is 0 Å². The number of carbonyl (C=O) groups excluding carboxylic acids is 1. The number of hydrogen-bond donors (Lipinski definition) is 2. The van der Waals surface area contributed by atoms with Crippen LogP contribution in [0.2, 0.25) is 0 Å². The number of rotatable bonds is 2. The van der Waals surface area contributed by atoms with E-state index in [-0.39, 0.29) is 18.1 Å². The Labute approximate surface area is 97.1 Å². The van der Waals surface area contributed by atoms with Crippen LogP contribution >= 0.6 is 0 Å². The fraction of sp³-hybridized carbons (Fsp3) is 0.917. The summed E-state index contributed by atoms with van der Waals surface area (Å²) in [5, 5.41) is 6.43. The first-order valence-corrected chi connectivity index (χ1v) is 6.29. The second kappa shape index (κ2) is 5.15. The van der Waals surface area contributed by atoms with E-state index in [4.69, 9.17) is 4.74 Å². The molecule has 2 N–H and O–H groups in total. The normalized spacial score (nSPS) is 39.6. The Bertz CT molecular complexity index is 257. The molecule has 4 unspecified atom stereocenters. The lowest BCUT2D eigenvalue weighted by Crippen LogP contribution is -2.51. The van der Waals surface area contributed by atoms with Crippen molar-refractivity contribution in [3.63, 3.8) is 0 Å². The minimum absolute atomic E-state index is 0.0749. The van der Waals surface area contributed by atoms with Gasteiger partial charge in [0.05, 0.1) is 0 Å². The van der Waals surface area contributed by atoms with Crippen molar-refractivity contribution >= 4 is 5.91 Å². The minimum Gasteiger partial charge on any atom is -0.368 e. The summed E-state index contributed by atoms with van der Waals surface area (Å²) >= 11 is 0. The number of amides is 1. The highest BCUT2D eigenvalue weighted by Crippen LogP contribution is 2.20. The molecule has 0 aromatic carbocycles. The topological polar surface area (TPSA) is 50.4 Å². The molecule has 4 atom stereocenters. The molecule has 0 aliphatic carbocycles. The predicted molar refractivity (Wildman–Crippen MR) is 62.1 cm³/mol. The molecule has 2 aliphatic heterocycles. The van der Waals surface area contributed by atoms with E-state index in [2.05, 4.69) is 24.5 Å². The summed E-state index contributed by atoms with van der Waals surface area (Å²) in [5.74, 6) is 1.07. The zero-order valence-corrected chi connectivity index (χ0v) is 10.2. The summed E-state index contributed by atoms with van der Waals surface area (Å²) in [6, 6.07) is 0.271. The Morgan fingerprint density at radius 1 is 1.38 bits per heavy atom. The summed E-state index contributed by atoms with van der Waals surface area (Å²) in [4.78, 5) is 12.0. The second-order valence-electron chi connectivity index (χ2n) is 5.26. The Balaban J connectivity index is 1.82. The van der Waals surface area contributed by atoms with Crippen LogP contribution in [0, 0.1) is 11.8 Å². The molecule has 0 radical (unpaired) electrons. The maximum Gasteiger partial charge on any atom is 0.249 e. The molecule has 2 saturated heterocycles. The van der Waals surface area contributed by atoms with Gasteiger partial charge in [-0.3, -0.25) is 4.79 Å².